The van der Waals surface area contributed by atoms with Crippen LogP contribution in [0.1, 0.15) is 11.1 Å². The maximum atomic E-state index is 13.7. The summed E-state index contributed by atoms with van der Waals surface area (Å²) in [5.74, 6) is 0.184. The van der Waals surface area contributed by atoms with Crippen molar-refractivity contribution < 1.29 is 9.13 Å². The fourth-order valence-electron chi connectivity index (χ4n) is 1.57. The van der Waals surface area contributed by atoms with E-state index in [1.165, 1.54) is 18.2 Å². The van der Waals surface area contributed by atoms with Gasteiger partial charge in [0.2, 0.25) is 0 Å². The predicted octanol–water partition coefficient (Wildman–Crippen LogP) is 5.56. The predicted molar refractivity (Wildman–Crippen MR) is 85.0 cm³/mol. The number of ether oxygens (including phenoxy) is 1. The Morgan fingerprint density at radius 2 is 1.75 bits per heavy atom. The molecule has 0 atom stereocenters. The van der Waals surface area contributed by atoms with Crippen molar-refractivity contribution in [3.05, 3.63) is 60.7 Å². The standard InChI is InChI=1S/C14H7Br3FNO/c15-10-4-11(16)14(12(17)5-10)20-7-9-3-8(6-19)1-2-13(9)18/h1-5H,7H2. The smallest absolute Gasteiger partial charge is 0.148 e. The third-order valence-corrected chi connectivity index (χ3v) is 4.15. The highest BCUT2D eigenvalue weighted by Crippen LogP contribution is 2.36. The van der Waals surface area contributed by atoms with Crippen LogP contribution in [0.3, 0.4) is 0 Å². The van der Waals surface area contributed by atoms with E-state index in [2.05, 4.69) is 47.8 Å². The van der Waals surface area contributed by atoms with Gasteiger partial charge in [-0.2, -0.15) is 5.26 Å². The van der Waals surface area contributed by atoms with Gasteiger partial charge >= 0.3 is 0 Å². The highest BCUT2D eigenvalue weighted by atomic mass is 79.9. The van der Waals surface area contributed by atoms with Gasteiger partial charge in [0.1, 0.15) is 18.2 Å². The molecule has 0 unspecified atom stereocenters. The molecule has 0 saturated heterocycles. The van der Waals surface area contributed by atoms with Gasteiger partial charge in [-0.1, -0.05) is 15.9 Å². The highest BCUT2D eigenvalue weighted by Gasteiger charge is 2.10. The summed E-state index contributed by atoms with van der Waals surface area (Å²) in [6, 6.07) is 9.83. The Balaban J connectivity index is 2.24. The highest BCUT2D eigenvalue weighted by molar-refractivity contribution is 9.11. The minimum absolute atomic E-state index is 0.0419. The SMILES string of the molecule is N#Cc1ccc(F)c(COc2c(Br)cc(Br)cc2Br)c1. The Hall–Kier alpha value is -0.900. The Kier molecular flexibility index (Phi) is 5.19. The molecule has 2 nitrogen and oxygen atoms in total. The molecule has 0 radical (unpaired) electrons. The zero-order valence-electron chi connectivity index (χ0n) is 9.96. The summed E-state index contributed by atoms with van der Waals surface area (Å²) in [5.41, 5.74) is 0.740. The van der Waals surface area contributed by atoms with Gasteiger partial charge in [0.15, 0.2) is 0 Å². The maximum Gasteiger partial charge on any atom is 0.148 e. The summed E-state index contributed by atoms with van der Waals surface area (Å²) in [5, 5.41) is 8.82. The van der Waals surface area contributed by atoms with E-state index in [1.807, 2.05) is 18.2 Å². The minimum atomic E-state index is -0.395. The summed E-state index contributed by atoms with van der Waals surface area (Å²) < 4.78 is 21.7. The van der Waals surface area contributed by atoms with Crippen LogP contribution < -0.4 is 4.74 Å². The summed E-state index contributed by atoms with van der Waals surface area (Å²) >= 11 is 10.1. The second kappa shape index (κ2) is 6.70. The van der Waals surface area contributed by atoms with Gasteiger partial charge in [0.05, 0.1) is 20.6 Å². The van der Waals surface area contributed by atoms with Gasteiger partial charge in [-0.05, 0) is 62.2 Å². The molecule has 0 heterocycles. The summed E-state index contributed by atoms with van der Waals surface area (Å²) in [6.45, 7) is 0.0419. The topological polar surface area (TPSA) is 33.0 Å². The second-order valence-electron chi connectivity index (χ2n) is 3.91. The number of nitrogens with zero attached hydrogens (tertiary/aromatic N) is 1. The Morgan fingerprint density at radius 3 is 2.35 bits per heavy atom. The van der Waals surface area contributed by atoms with Crippen LogP contribution in [0.15, 0.2) is 43.7 Å². The molecule has 2 rings (SSSR count). The van der Waals surface area contributed by atoms with E-state index < -0.39 is 5.82 Å². The number of hydrogen-bond acceptors (Lipinski definition) is 2. The number of halogens is 4. The lowest BCUT2D eigenvalue weighted by atomic mass is 10.1. The zero-order chi connectivity index (χ0) is 14.7. The average molecular weight is 464 g/mol. The van der Waals surface area contributed by atoms with E-state index in [9.17, 15) is 4.39 Å². The van der Waals surface area contributed by atoms with Crippen LogP contribution in [0.2, 0.25) is 0 Å². The molecule has 0 fully saturated rings. The molecule has 2 aromatic rings. The second-order valence-corrected chi connectivity index (χ2v) is 6.53. The molecular formula is C14H7Br3FNO. The summed E-state index contributed by atoms with van der Waals surface area (Å²) in [6.07, 6.45) is 0. The van der Waals surface area contributed by atoms with Crippen molar-refractivity contribution in [3.63, 3.8) is 0 Å². The first-order valence-corrected chi connectivity index (χ1v) is 7.85. The largest absolute Gasteiger partial charge is 0.486 e. The molecule has 2 aromatic carbocycles. The molecular weight excluding hydrogens is 457 g/mol. The maximum absolute atomic E-state index is 13.7. The summed E-state index contributed by atoms with van der Waals surface area (Å²) in [4.78, 5) is 0. The molecule has 20 heavy (non-hydrogen) atoms. The fraction of sp³-hybridized carbons (Fsp3) is 0.0714. The van der Waals surface area contributed by atoms with Crippen molar-refractivity contribution in [3.8, 4) is 11.8 Å². The lowest BCUT2D eigenvalue weighted by molar-refractivity contribution is 0.296. The van der Waals surface area contributed by atoms with E-state index in [4.69, 9.17) is 10.00 Å². The van der Waals surface area contributed by atoms with E-state index in [0.717, 1.165) is 13.4 Å². The van der Waals surface area contributed by atoms with E-state index in [-0.39, 0.29) is 6.61 Å². The molecule has 0 aliphatic rings. The van der Waals surface area contributed by atoms with Crippen LogP contribution in [-0.4, -0.2) is 0 Å². The molecule has 0 amide bonds. The number of benzene rings is 2. The Labute approximate surface area is 140 Å². The Morgan fingerprint density at radius 1 is 1.10 bits per heavy atom. The van der Waals surface area contributed by atoms with Crippen molar-refractivity contribution >= 4 is 47.8 Å². The molecule has 0 aliphatic heterocycles. The molecule has 0 N–H and O–H groups in total. The lowest BCUT2D eigenvalue weighted by Gasteiger charge is -2.11. The minimum Gasteiger partial charge on any atom is -0.486 e. The van der Waals surface area contributed by atoms with Crippen LogP contribution >= 0.6 is 47.8 Å². The molecule has 102 valence electrons. The van der Waals surface area contributed by atoms with Crippen molar-refractivity contribution in [2.75, 3.05) is 0 Å². The number of hydrogen-bond donors (Lipinski definition) is 0. The third-order valence-electron chi connectivity index (χ3n) is 2.51. The molecule has 0 aliphatic carbocycles. The fourth-order valence-corrected chi connectivity index (χ4v) is 4.06. The first-order valence-electron chi connectivity index (χ1n) is 5.47. The molecule has 0 spiro atoms. The third kappa shape index (κ3) is 3.60. The molecule has 0 aromatic heterocycles. The van der Waals surface area contributed by atoms with Crippen LogP contribution in [-0.2, 0) is 6.61 Å². The average Bonchev–Trinajstić information content (AvgIpc) is 2.39. The molecule has 6 heteroatoms. The van der Waals surface area contributed by atoms with Crippen molar-refractivity contribution in [1.29, 1.82) is 5.26 Å². The molecule has 0 bridgehead atoms. The van der Waals surface area contributed by atoms with Gasteiger partial charge in [-0.3, -0.25) is 0 Å². The molecule has 0 saturated carbocycles. The van der Waals surface area contributed by atoms with Crippen LogP contribution in [0.4, 0.5) is 4.39 Å². The van der Waals surface area contributed by atoms with Gasteiger partial charge in [0, 0.05) is 10.0 Å². The van der Waals surface area contributed by atoms with Crippen LogP contribution in [0.25, 0.3) is 0 Å². The van der Waals surface area contributed by atoms with Crippen LogP contribution in [0.5, 0.6) is 5.75 Å². The quantitative estimate of drug-likeness (QED) is 0.596. The number of rotatable bonds is 3. The van der Waals surface area contributed by atoms with Crippen molar-refractivity contribution in [2.24, 2.45) is 0 Å². The van der Waals surface area contributed by atoms with Gasteiger partial charge < -0.3 is 4.74 Å². The first-order chi connectivity index (χ1) is 9.51. The van der Waals surface area contributed by atoms with E-state index in [1.54, 1.807) is 0 Å². The number of nitriles is 1. The van der Waals surface area contributed by atoms with Crippen molar-refractivity contribution in [2.45, 2.75) is 6.61 Å². The van der Waals surface area contributed by atoms with E-state index in [0.29, 0.717) is 16.9 Å². The monoisotopic (exact) mass is 461 g/mol. The van der Waals surface area contributed by atoms with Gasteiger partial charge in [-0.25, -0.2) is 4.39 Å². The summed E-state index contributed by atoms with van der Waals surface area (Å²) in [7, 11) is 0. The zero-order valence-corrected chi connectivity index (χ0v) is 14.7. The lowest BCUT2D eigenvalue weighted by Crippen LogP contribution is -2.00. The van der Waals surface area contributed by atoms with Crippen LogP contribution in [0, 0.1) is 17.1 Å². The normalized spacial score (nSPS) is 10.2. The van der Waals surface area contributed by atoms with Gasteiger partial charge in [-0.15, -0.1) is 0 Å². The van der Waals surface area contributed by atoms with Gasteiger partial charge in [0.25, 0.3) is 0 Å². The Bertz CT molecular complexity index is 674. The van der Waals surface area contributed by atoms with Crippen molar-refractivity contribution in [1.82, 2.24) is 0 Å². The first kappa shape index (κ1) is 15.5. The van der Waals surface area contributed by atoms with E-state index >= 15 is 0 Å².